The highest BCUT2D eigenvalue weighted by molar-refractivity contribution is 6.42. The predicted molar refractivity (Wildman–Crippen MR) is 142 cm³/mol. The van der Waals surface area contributed by atoms with Crippen molar-refractivity contribution in [1.29, 1.82) is 0 Å². The van der Waals surface area contributed by atoms with Crippen LogP contribution in [0.2, 0.25) is 10.0 Å². The van der Waals surface area contributed by atoms with Crippen LogP contribution >= 0.6 is 23.2 Å². The molecule has 0 N–H and O–H groups in total. The van der Waals surface area contributed by atoms with Gasteiger partial charge in [-0.1, -0.05) is 89.3 Å². The Morgan fingerprint density at radius 3 is 1.65 bits per heavy atom. The summed E-state index contributed by atoms with van der Waals surface area (Å²) < 4.78 is 82.2. The molecular weight excluding hydrogens is 541 g/mol. The van der Waals surface area contributed by atoms with Gasteiger partial charge in [-0.25, -0.2) is 4.39 Å². The van der Waals surface area contributed by atoms with Crippen molar-refractivity contribution in [3.63, 3.8) is 0 Å². The molecule has 0 aliphatic carbocycles. The average Bonchev–Trinajstić information content (AvgIpc) is 3.04. The van der Waals surface area contributed by atoms with Gasteiger partial charge in [-0.15, -0.1) is 8.78 Å². The number of para-hydroxylation sites is 1. The lowest BCUT2D eigenvalue weighted by Crippen LogP contribution is -2.26. The van der Waals surface area contributed by atoms with Crippen LogP contribution in [0.25, 0.3) is 0 Å². The van der Waals surface area contributed by atoms with Crippen LogP contribution in [0, 0.1) is 26.6 Å². The molecule has 1 aliphatic rings. The lowest BCUT2D eigenvalue weighted by molar-refractivity contribution is -0.286. The van der Waals surface area contributed by atoms with Gasteiger partial charge in [-0.05, 0) is 55.7 Å². The van der Waals surface area contributed by atoms with E-state index in [0.717, 1.165) is 11.6 Å². The molecule has 0 bridgehead atoms. The van der Waals surface area contributed by atoms with E-state index in [1.165, 1.54) is 25.1 Å². The smallest absolute Gasteiger partial charge is 0.395 e. The lowest BCUT2D eigenvalue weighted by atomic mass is 10.1. The van der Waals surface area contributed by atoms with Crippen molar-refractivity contribution in [1.82, 2.24) is 0 Å². The zero-order valence-electron chi connectivity index (χ0n) is 17.5. The first kappa shape index (κ1) is 38.9. The molecule has 0 atom stereocenters. The van der Waals surface area contributed by atoms with E-state index in [4.69, 9.17) is 23.2 Å². The molecule has 2 nitrogen and oxygen atoms in total. The second-order valence-corrected chi connectivity index (χ2v) is 7.66. The van der Waals surface area contributed by atoms with E-state index >= 15 is 0 Å². The number of aryl methyl sites for hydroxylation is 3. The Labute approximate surface area is 226 Å². The maximum atomic E-state index is 12.8. The summed E-state index contributed by atoms with van der Waals surface area (Å²) in [5.74, 6) is -0.965. The predicted octanol–water partition coefficient (Wildman–Crippen LogP) is 11.3. The molecule has 0 aromatic heterocycles. The van der Waals surface area contributed by atoms with Gasteiger partial charge in [0, 0.05) is 0 Å². The van der Waals surface area contributed by atoms with E-state index in [1.807, 2.05) is 19.1 Å². The number of alkyl halides is 5. The number of rotatable bonds is 0. The molecular formula is C27H34Cl2F6O2. The van der Waals surface area contributed by atoms with Gasteiger partial charge < -0.3 is 9.47 Å². The van der Waals surface area contributed by atoms with Crippen LogP contribution in [-0.4, -0.2) is 6.29 Å². The van der Waals surface area contributed by atoms with Crippen LogP contribution in [0.3, 0.4) is 0 Å². The minimum absolute atomic E-state index is 0. The van der Waals surface area contributed by atoms with Crippen LogP contribution in [0.4, 0.5) is 26.3 Å². The molecule has 0 unspecified atom stereocenters. The van der Waals surface area contributed by atoms with Crippen LogP contribution in [0.15, 0.2) is 54.6 Å². The van der Waals surface area contributed by atoms with E-state index in [2.05, 4.69) is 9.47 Å². The van der Waals surface area contributed by atoms with E-state index in [1.54, 1.807) is 25.1 Å². The van der Waals surface area contributed by atoms with Gasteiger partial charge in [0.15, 0.2) is 11.5 Å². The lowest BCUT2D eigenvalue weighted by Gasteiger charge is -2.08. The Bertz CT molecular complexity index is 1100. The minimum atomic E-state index is -4.60. The Balaban J connectivity index is -0.000000449. The number of halogens is 8. The standard InChI is InChI=1S/C8H6F4.C8H6F2O2.C7H6Cl2.4CH4/c1-5-3-2-4-6(7(5)9)8(10,11)12;1-5-3-2-4-6-7(5)12-8(9,10)11-6;1-5-3-2-4-6(8)7(5)9;;;;/h2*2-4H,1H3;2-4H,1H3;4*1H4. The Kier molecular flexibility index (Phi) is 16.4. The highest BCUT2D eigenvalue weighted by Crippen LogP contribution is 2.42. The molecule has 0 saturated carbocycles. The molecule has 3 aromatic carbocycles. The molecule has 37 heavy (non-hydrogen) atoms. The molecule has 210 valence electrons. The van der Waals surface area contributed by atoms with Crippen molar-refractivity contribution < 1.29 is 35.8 Å². The SMILES string of the molecule is C.C.C.C.Cc1cccc(C(F)(F)F)c1F.Cc1cccc(Cl)c1Cl.Cc1cccc2c1OC(F)(F)O2. The fraction of sp³-hybridized carbons (Fsp3) is 0.333. The maximum absolute atomic E-state index is 12.8. The summed E-state index contributed by atoms with van der Waals surface area (Å²) in [7, 11) is 0. The van der Waals surface area contributed by atoms with E-state index in [9.17, 15) is 26.3 Å². The summed E-state index contributed by atoms with van der Waals surface area (Å²) in [6.07, 6.45) is -8.11. The molecule has 0 amide bonds. The second kappa shape index (κ2) is 15.6. The summed E-state index contributed by atoms with van der Waals surface area (Å²) in [6, 6.07) is 13.6. The number of fused-ring (bicyclic) bond motifs is 1. The van der Waals surface area contributed by atoms with E-state index in [0.29, 0.717) is 15.6 Å². The fourth-order valence-electron chi connectivity index (χ4n) is 2.58. The summed E-state index contributed by atoms with van der Waals surface area (Å²) in [4.78, 5) is 0. The first-order valence-corrected chi connectivity index (χ1v) is 10.1. The normalized spacial score (nSPS) is 12.0. The average molecular weight is 575 g/mol. The summed E-state index contributed by atoms with van der Waals surface area (Å²) in [5, 5.41) is 1.27. The molecule has 10 heteroatoms. The van der Waals surface area contributed by atoms with Crippen molar-refractivity contribution in [3.8, 4) is 11.5 Å². The molecule has 0 spiro atoms. The van der Waals surface area contributed by atoms with E-state index < -0.39 is 23.9 Å². The molecule has 3 aromatic rings. The van der Waals surface area contributed by atoms with Gasteiger partial charge in [0.25, 0.3) is 0 Å². The Morgan fingerprint density at radius 2 is 1.19 bits per heavy atom. The Hall–Kier alpha value is -2.58. The largest absolute Gasteiger partial charge is 0.586 e. The number of hydrogen-bond acceptors (Lipinski definition) is 2. The van der Waals surface area contributed by atoms with E-state index in [-0.39, 0.29) is 46.8 Å². The van der Waals surface area contributed by atoms with Crippen LogP contribution < -0.4 is 9.47 Å². The van der Waals surface area contributed by atoms with Crippen molar-refractivity contribution in [3.05, 3.63) is 92.7 Å². The summed E-state index contributed by atoms with van der Waals surface area (Å²) >= 11 is 11.4. The topological polar surface area (TPSA) is 18.5 Å². The monoisotopic (exact) mass is 574 g/mol. The van der Waals surface area contributed by atoms with Gasteiger partial charge in [0.1, 0.15) is 5.82 Å². The number of benzene rings is 3. The number of hydrogen-bond donors (Lipinski definition) is 0. The van der Waals surface area contributed by atoms with Gasteiger partial charge in [0.2, 0.25) is 0 Å². The second-order valence-electron chi connectivity index (χ2n) is 6.87. The molecule has 0 fully saturated rings. The van der Waals surface area contributed by atoms with Crippen molar-refractivity contribution in [2.45, 2.75) is 62.9 Å². The first-order chi connectivity index (χ1) is 15.2. The van der Waals surface area contributed by atoms with Crippen molar-refractivity contribution in [2.24, 2.45) is 0 Å². The van der Waals surface area contributed by atoms with Crippen LogP contribution in [0.1, 0.15) is 52.0 Å². The van der Waals surface area contributed by atoms with Gasteiger partial charge in [0.05, 0.1) is 15.6 Å². The minimum Gasteiger partial charge on any atom is -0.395 e. The Morgan fingerprint density at radius 1 is 0.703 bits per heavy atom. The van der Waals surface area contributed by atoms with Gasteiger partial charge in [-0.3, -0.25) is 0 Å². The third-order valence-electron chi connectivity index (χ3n) is 4.27. The molecule has 0 radical (unpaired) electrons. The summed E-state index contributed by atoms with van der Waals surface area (Å²) in [6.45, 7) is 4.91. The molecule has 4 rings (SSSR count). The van der Waals surface area contributed by atoms with Gasteiger partial charge >= 0.3 is 12.5 Å². The molecule has 1 heterocycles. The molecule has 0 saturated heterocycles. The fourth-order valence-corrected chi connectivity index (χ4v) is 2.93. The maximum Gasteiger partial charge on any atom is 0.586 e. The highest BCUT2D eigenvalue weighted by Gasteiger charge is 2.43. The molecule has 1 aliphatic heterocycles. The summed E-state index contributed by atoms with van der Waals surface area (Å²) in [5.41, 5.74) is 0.459. The quantitative estimate of drug-likeness (QED) is 0.248. The van der Waals surface area contributed by atoms with Crippen molar-refractivity contribution in [2.75, 3.05) is 0 Å². The third kappa shape index (κ3) is 10.7. The highest BCUT2D eigenvalue weighted by atomic mass is 35.5. The zero-order valence-corrected chi connectivity index (χ0v) is 19.0. The zero-order chi connectivity index (χ0) is 25.0. The third-order valence-corrected chi connectivity index (χ3v) is 5.18. The first-order valence-electron chi connectivity index (χ1n) is 9.31. The number of ether oxygens (including phenoxy) is 2. The van der Waals surface area contributed by atoms with Crippen molar-refractivity contribution >= 4 is 23.2 Å². The van der Waals surface area contributed by atoms with Crippen LogP contribution in [-0.2, 0) is 6.18 Å². The van der Waals surface area contributed by atoms with Crippen LogP contribution in [0.5, 0.6) is 11.5 Å². The van der Waals surface area contributed by atoms with Gasteiger partial charge in [-0.2, -0.15) is 13.2 Å².